The lowest BCUT2D eigenvalue weighted by Crippen LogP contribution is -2.61. The van der Waals surface area contributed by atoms with Crippen molar-refractivity contribution in [2.75, 3.05) is 26.4 Å². The minimum atomic E-state index is -1.76. The zero-order chi connectivity index (χ0) is 55.3. The van der Waals surface area contributed by atoms with Crippen molar-refractivity contribution in [2.24, 2.45) is 0 Å². The van der Waals surface area contributed by atoms with Crippen LogP contribution in [-0.4, -0.2) is 142 Å². The van der Waals surface area contributed by atoms with E-state index in [4.69, 9.17) is 28.4 Å². The van der Waals surface area contributed by atoms with Crippen LogP contribution in [0.3, 0.4) is 0 Å². The largest absolute Gasteiger partial charge is 0.462 e. The van der Waals surface area contributed by atoms with Gasteiger partial charge in [-0.25, -0.2) is 0 Å². The van der Waals surface area contributed by atoms with E-state index in [2.05, 4.69) is 38.2 Å². The van der Waals surface area contributed by atoms with Gasteiger partial charge in [0.25, 0.3) is 0 Å². The van der Waals surface area contributed by atoms with E-state index in [0.29, 0.717) is 12.8 Å². The second-order valence-electron chi connectivity index (χ2n) is 21.9. The van der Waals surface area contributed by atoms with Gasteiger partial charge in [0.05, 0.1) is 19.8 Å². The highest BCUT2D eigenvalue weighted by Gasteiger charge is 2.47. The number of rotatable bonds is 50. The highest BCUT2D eigenvalue weighted by molar-refractivity contribution is 5.70. The van der Waals surface area contributed by atoms with Crippen molar-refractivity contribution in [3.63, 3.8) is 0 Å². The van der Waals surface area contributed by atoms with Gasteiger partial charge in [-0.2, -0.15) is 0 Å². The smallest absolute Gasteiger partial charge is 0.306 e. The van der Waals surface area contributed by atoms with Crippen molar-refractivity contribution in [2.45, 2.75) is 325 Å². The molecule has 2 fully saturated rings. The number of aliphatic hydroxyl groups excluding tert-OH is 7. The molecule has 0 aromatic rings. The summed E-state index contributed by atoms with van der Waals surface area (Å²) in [7, 11) is 0. The Morgan fingerprint density at radius 3 is 1.25 bits per heavy atom. The third-order valence-electron chi connectivity index (χ3n) is 14.9. The summed E-state index contributed by atoms with van der Waals surface area (Å²) in [5.74, 6) is -0.914. The number of esters is 2. The summed E-state index contributed by atoms with van der Waals surface area (Å²) in [5, 5.41) is 72.4. The monoisotopic (exact) mass is 1080 g/mol. The predicted octanol–water partition coefficient (Wildman–Crippen LogP) is 11.1. The Labute approximate surface area is 460 Å². The number of carbonyl (C=O) groups is 2. The van der Waals surface area contributed by atoms with Crippen molar-refractivity contribution < 1.29 is 73.8 Å². The van der Waals surface area contributed by atoms with Crippen LogP contribution >= 0.6 is 0 Å². The Bertz CT molecular complexity index is 1410. The van der Waals surface area contributed by atoms with Crippen LogP contribution in [0.2, 0.25) is 0 Å². The standard InChI is InChI=1S/C61H112O15/c1-3-5-7-9-11-13-15-17-19-21-23-24-26-27-29-31-33-35-37-39-41-43-52(63)71-46-49(74-53(64)44-42-40-38-36-34-32-30-28-25-22-20-18-16-14-12-10-8-6-4-2)47-72-60-59(70)57(68)55(66)51(76-60)48-73-61-58(69)56(67)54(65)50(45-62)75-61/h12,14,18,20,49-51,54-62,65-70H,3-11,13,15-17,19,21-48H2,1-2H3/b14-12+,20-18+/t49-,50+,51+,54-,55-,56?,57?,58?,59?,60+,61+/m0/s1. The van der Waals surface area contributed by atoms with Gasteiger partial charge in [-0.15, -0.1) is 0 Å². The van der Waals surface area contributed by atoms with Crippen LogP contribution in [0.25, 0.3) is 0 Å². The molecule has 15 heteroatoms. The van der Waals surface area contributed by atoms with E-state index >= 15 is 0 Å². The van der Waals surface area contributed by atoms with Gasteiger partial charge in [-0.3, -0.25) is 9.59 Å². The van der Waals surface area contributed by atoms with Gasteiger partial charge in [0.15, 0.2) is 18.7 Å². The molecule has 15 nitrogen and oxygen atoms in total. The first-order valence-electron chi connectivity index (χ1n) is 30.9. The molecule has 2 heterocycles. The second kappa shape index (κ2) is 47.8. The topological polar surface area (TPSA) is 231 Å². The minimum absolute atomic E-state index is 0.164. The molecule has 2 aliphatic rings. The van der Waals surface area contributed by atoms with Gasteiger partial charge in [-0.1, -0.05) is 224 Å². The highest BCUT2D eigenvalue weighted by Crippen LogP contribution is 2.27. The van der Waals surface area contributed by atoms with Gasteiger partial charge in [0.1, 0.15) is 55.4 Å². The Balaban J connectivity index is 1.72. The third-order valence-corrected chi connectivity index (χ3v) is 14.9. The van der Waals surface area contributed by atoms with Crippen molar-refractivity contribution >= 4 is 11.9 Å². The van der Waals surface area contributed by atoms with Crippen molar-refractivity contribution in [1.82, 2.24) is 0 Å². The van der Waals surface area contributed by atoms with Gasteiger partial charge in [0, 0.05) is 12.8 Å². The molecule has 11 atom stereocenters. The molecule has 446 valence electrons. The fourth-order valence-corrected chi connectivity index (χ4v) is 9.90. The summed E-state index contributed by atoms with van der Waals surface area (Å²) in [5.41, 5.74) is 0. The molecule has 0 aromatic heterocycles. The van der Waals surface area contributed by atoms with E-state index in [9.17, 15) is 45.3 Å². The second-order valence-corrected chi connectivity index (χ2v) is 21.9. The van der Waals surface area contributed by atoms with E-state index < -0.39 is 92.7 Å². The zero-order valence-electron chi connectivity index (χ0n) is 47.8. The third kappa shape index (κ3) is 34.2. The Hall–Kier alpha value is -2.02. The molecule has 0 spiro atoms. The minimum Gasteiger partial charge on any atom is -0.462 e. The first kappa shape index (κ1) is 70.1. The molecule has 0 bridgehead atoms. The first-order chi connectivity index (χ1) is 37.0. The number of hydrogen-bond acceptors (Lipinski definition) is 15. The lowest BCUT2D eigenvalue weighted by atomic mass is 9.98. The van der Waals surface area contributed by atoms with E-state index in [0.717, 1.165) is 57.8 Å². The van der Waals surface area contributed by atoms with Gasteiger partial charge in [-0.05, 0) is 44.9 Å². The summed E-state index contributed by atoms with van der Waals surface area (Å²) >= 11 is 0. The predicted molar refractivity (Wildman–Crippen MR) is 298 cm³/mol. The molecular formula is C61H112O15. The summed E-state index contributed by atoms with van der Waals surface area (Å²) < 4.78 is 33.8. The van der Waals surface area contributed by atoms with Crippen LogP contribution in [0.4, 0.5) is 0 Å². The summed E-state index contributed by atoms with van der Waals surface area (Å²) in [4.78, 5) is 25.9. The normalized spacial score (nSPS) is 24.4. The molecule has 0 amide bonds. The van der Waals surface area contributed by atoms with Crippen LogP contribution in [0, 0.1) is 0 Å². The molecule has 7 N–H and O–H groups in total. The van der Waals surface area contributed by atoms with Crippen molar-refractivity contribution in [3.05, 3.63) is 24.3 Å². The molecule has 4 unspecified atom stereocenters. The molecule has 2 saturated heterocycles. The number of aliphatic hydroxyl groups is 7. The van der Waals surface area contributed by atoms with E-state index in [-0.39, 0.29) is 26.1 Å². The number of allylic oxidation sites excluding steroid dienone is 4. The average Bonchev–Trinajstić information content (AvgIpc) is 3.41. The summed E-state index contributed by atoms with van der Waals surface area (Å²) in [6.07, 6.45) is 36.2. The molecule has 76 heavy (non-hydrogen) atoms. The average molecular weight is 1090 g/mol. The van der Waals surface area contributed by atoms with Crippen LogP contribution in [0.15, 0.2) is 24.3 Å². The molecule has 2 aliphatic heterocycles. The lowest BCUT2D eigenvalue weighted by molar-refractivity contribution is -0.332. The van der Waals surface area contributed by atoms with E-state index in [1.165, 1.54) is 161 Å². The maximum absolute atomic E-state index is 13.1. The number of ether oxygens (including phenoxy) is 6. The number of hydrogen-bond donors (Lipinski definition) is 7. The van der Waals surface area contributed by atoms with Gasteiger partial charge < -0.3 is 64.2 Å². The Morgan fingerprint density at radius 1 is 0.421 bits per heavy atom. The van der Waals surface area contributed by atoms with Crippen LogP contribution in [0.5, 0.6) is 0 Å². The van der Waals surface area contributed by atoms with E-state index in [1.54, 1.807) is 0 Å². The zero-order valence-corrected chi connectivity index (χ0v) is 47.8. The Kier molecular flexibility index (Phi) is 44.0. The van der Waals surface area contributed by atoms with Crippen LogP contribution in [-0.2, 0) is 38.0 Å². The highest BCUT2D eigenvalue weighted by atomic mass is 16.7. The first-order valence-corrected chi connectivity index (χ1v) is 30.9. The maximum Gasteiger partial charge on any atom is 0.306 e. The summed E-state index contributed by atoms with van der Waals surface area (Å²) in [6.45, 7) is 2.62. The lowest BCUT2D eigenvalue weighted by Gasteiger charge is -2.42. The molecule has 0 saturated carbocycles. The molecule has 0 aromatic carbocycles. The molecule has 0 aliphatic carbocycles. The molecule has 2 rings (SSSR count). The summed E-state index contributed by atoms with van der Waals surface area (Å²) in [6, 6.07) is 0. The quantitative estimate of drug-likeness (QED) is 0.0171. The maximum atomic E-state index is 13.1. The van der Waals surface area contributed by atoms with Crippen LogP contribution < -0.4 is 0 Å². The fourth-order valence-electron chi connectivity index (χ4n) is 9.90. The SMILES string of the molecule is CCCCC/C=C/C/C=C/CCCCCCCCCCCC(=O)O[C@@H](COC(=O)CCCCCCCCCCCCCCCCCCCCCCC)CO[C@@H]1O[C@H](CO[C@@H]2O[C@H](CO)[C@H](O)C(O)C2O)[C@H](O)C(O)C1O. The number of unbranched alkanes of at least 4 members (excludes halogenated alkanes) is 32. The van der Waals surface area contributed by atoms with Gasteiger partial charge >= 0.3 is 11.9 Å². The fraction of sp³-hybridized carbons (Fsp3) is 0.902. The van der Waals surface area contributed by atoms with Crippen molar-refractivity contribution in [3.8, 4) is 0 Å². The Morgan fingerprint density at radius 2 is 0.789 bits per heavy atom. The van der Waals surface area contributed by atoms with E-state index in [1.807, 2.05) is 0 Å². The van der Waals surface area contributed by atoms with Crippen LogP contribution in [0.1, 0.15) is 258 Å². The van der Waals surface area contributed by atoms with Crippen molar-refractivity contribution in [1.29, 1.82) is 0 Å². The molecular weight excluding hydrogens is 973 g/mol. The molecule has 0 radical (unpaired) electrons. The van der Waals surface area contributed by atoms with Gasteiger partial charge in [0.2, 0.25) is 0 Å². The number of carbonyl (C=O) groups excluding carboxylic acids is 2.